The third-order valence-corrected chi connectivity index (χ3v) is 4.76. The average molecular weight is 321 g/mol. The number of fused-ring (bicyclic) bond motifs is 1. The van der Waals surface area contributed by atoms with E-state index in [1.165, 1.54) is 5.56 Å². The first-order chi connectivity index (χ1) is 11.6. The number of carbonyl (C=O) groups is 1. The van der Waals surface area contributed by atoms with Crippen molar-refractivity contribution in [2.45, 2.75) is 33.1 Å². The summed E-state index contributed by atoms with van der Waals surface area (Å²) in [5.41, 5.74) is 5.93. The summed E-state index contributed by atoms with van der Waals surface area (Å²) in [4.78, 5) is 11.8. The second-order valence-corrected chi connectivity index (χ2v) is 6.33. The van der Waals surface area contributed by atoms with Crippen molar-refractivity contribution in [3.8, 4) is 16.9 Å². The molecule has 0 radical (unpaired) electrons. The molecule has 1 unspecified atom stereocenters. The summed E-state index contributed by atoms with van der Waals surface area (Å²) in [6, 6.07) is 12.4. The maximum Gasteiger partial charge on any atom is 0.167 e. The lowest BCUT2D eigenvalue weighted by Gasteiger charge is -2.14. The van der Waals surface area contributed by atoms with Crippen molar-refractivity contribution in [3.05, 3.63) is 59.4 Å². The van der Waals surface area contributed by atoms with Gasteiger partial charge in [-0.05, 0) is 54.7 Å². The van der Waals surface area contributed by atoms with Gasteiger partial charge >= 0.3 is 0 Å². The Morgan fingerprint density at radius 2 is 1.96 bits per heavy atom. The van der Waals surface area contributed by atoms with E-state index in [0.29, 0.717) is 11.6 Å². The lowest BCUT2D eigenvalue weighted by atomic mass is 9.94. The third-order valence-electron chi connectivity index (χ3n) is 4.76. The summed E-state index contributed by atoms with van der Waals surface area (Å²) in [7, 11) is 1.67. The predicted octanol–water partition coefficient (Wildman–Crippen LogP) is 5.25. The molecular weight excluding hydrogens is 298 g/mol. The van der Waals surface area contributed by atoms with Crippen LogP contribution in [0, 0.1) is 6.92 Å². The Hall–Kier alpha value is -2.55. The van der Waals surface area contributed by atoms with Crippen LogP contribution in [0.5, 0.6) is 5.75 Å². The number of ether oxygens (including phenoxy) is 1. The molecule has 1 aromatic carbocycles. The van der Waals surface area contributed by atoms with Crippen molar-refractivity contribution < 1.29 is 9.53 Å². The fourth-order valence-corrected chi connectivity index (χ4v) is 3.11. The van der Waals surface area contributed by atoms with E-state index >= 15 is 0 Å². The fourth-order valence-electron chi connectivity index (χ4n) is 3.11. The third kappa shape index (κ3) is 2.71. The predicted molar refractivity (Wildman–Crippen MR) is 98.2 cm³/mol. The number of aryl methyl sites for hydroxylation is 1. The molecule has 3 nitrogen and oxygen atoms in total. The van der Waals surface area contributed by atoms with Gasteiger partial charge in [-0.2, -0.15) is 0 Å². The lowest BCUT2D eigenvalue weighted by Crippen LogP contribution is -1.97. The molecule has 0 fully saturated rings. The highest BCUT2D eigenvalue weighted by Crippen LogP contribution is 2.36. The van der Waals surface area contributed by atoms with Gasteiger partial charge in [0.2, 0.25) is 0 Å². The van der Waals surface area contributed by atoms with Crippen molar-refractivity contribution in [3.63, 3.8) is 0 Å². The molecule has 0 aliphatic carbocycles. The summed E-state index contributed by atoms with van der Waals surface area (Å²) in [5.74, 6) is 1.26. The van der Waals surface area contributed by atoms with E-state index in [0.717, 1.165) is 40.7 Å². The van der Waals surface area contributed by atoms with Crippen LogP contribution in [0.4, 0.5) is 0 Å². The number of rotatable bonds is 5. The molecule has 0 aliphatic heterocycles. The topological polar surface area (TPSA) is 30.7 Å². The van der Waals surface area contributed by atoms with Crippen LogP contribution in [-0.4, -0.2) is 17.8 Å². The van der Waals surface area contributed by atoms with Gasteiger partial charge in [-0.25, -0.2) is 0 Å². The van der Waals surface area contributed by atoms with Crippen LogP contribution in [0.15, 0.2) is 42.6 Å². The summed E-state index contributed by atoms with van der Waals surface area (Å²) >= 11 is 0. The molecule has 2 aromatic heterocycles. The minimum Gasteiger partial charge on any atom is -0.496 e. The minimum absolute atomic E-state index is 0.466. The molecule has 24 heavy (non-hydrogen) atoms. The number of carbonyl (C=O) groups excluding carboxylic acids is 1. The van der Waals surface area contributed by atoms with Crippen molar-refractivity contribution >= 4 is 11.8 Å². The molecule has 0 saturated heterocycles. The van der Waals surface area contributed by atoms with E-state index in [4.69, 9.17) is 4.74 Å². The molecule has 0 spiro atoms. The van der Waals surface area contributed by atoms with Crippen molar-refractivity contribution in [1.29, 1.82) is 0 Å². The normalized spacial score (nSPS) is 12.3. The smallest absolute Gasteiger partial charge is 0.167 e. The van der Waals surface area contributed by atoms with Crippen LogP contribution in [0.25, 0.3) is 16.6 Å². The summed E-state index contributed by atoms with van der Waals surface area (Å²) in [6.45, 7) is 6.42. The van der Waals surface area contributed by atoms with Crippen LogP contribution in [0.1, 0.15) is 47.8 Å². The monoisotopic (exact) mass is 321 g/mol. The highest BCUT2D eigenvalue weighted by Gasteiger charge is 2.17. The van der Waals surface area contributed by atoms with Crippen molar-refractivity contribution in [2.24, 2.45) is 0 Å². The van der Waals surface area contributed by atoms with Gasteiger partial charge in [-0.1, -0.05) is 26.0 Å². The molecule has 0 saturated carbocycles. The quantitative estimate of drug-likeness (QED) is 0.601. The Labute approximate surface area is 142 Å². The van der Waals surface area contributed by atoms with E-state index in [9.17, 15) is 4.79 Å². The molecule has 2 heterocycles. The van der Waals surface area contributed by atoms with Gasteiger partial charge in [-0.15, -0.1) is 0 Å². The fraction of sp³-hybridized carbons (Fsp3) is 0.286. The summed E-state index contributed by atoms with van der Waals surface area (Å²) < 4.78 is 7.51. The number of methoxy groups -OCH3 is 1. The minimum atomic E-state index is 0.466. The van der Waals surface area contributed by atoms with Gasteiger partial charge in [-0.3, -0.25) is 4.79 Å². The second-order valence-electron chi connectivity index (χ2n) is 6.33. The zero-order chi connectivity index (χ0) is 17.3. The molecular formula is C21H23NO2. The number of aldehydes is 1. The van der Waals surface area contributed by atoms with Gasteiger partial charge in [0.15, 0.2) is 6.29 Å². The highest BCUT2D eigenvalue weighted by atomic mass is 16.5. The Morgan fingerprint density at radius 3 is 2.62 bits per heavy atom. The van der Waals surface area contributed by atoms with E-state index in [2.05, 4.69) is 38.1 Å². The SMILES string of the molecule is CCC(C)c1ccc(OC)c(-c2cc3ccc(C)cn3c2C=O)c1. The van der Waals surface area contributed by atoms with Gasteiger partial charge in [0.1, 0.15) is 5.75 Å². The molecule has 0 aliphatic rings. The molecule has 3 rings (SSSR count). The van der Waals surface area contributed by atoms with Crippen LogP contribution in [-0.2, 0) is 0 Å². The van der Waals surface area contributed by atoms with E-state index in [1.807, 2.05) is 29.7 Å². The number of hydrogen-bond acceptors (Lipinski definition) is 2. The molecule has 1 atom stereocenters. The van der Waals surface area contributed by atoms with E-state index in [-0.39, 0.29) is 0 Å². The van der Waals surface area contributed by atoms with E-state index < -0.39 is 0 Å². The molecule has 124 valence electrons. The Morgan fingerprint density at radius 1 is 1.17 bits per heavy atom. The van der Waals surface area contributed by atoms with Crippen LogP contribution in [0.3, 0.4) is 0 Å². The summed E-state index contributed by atoms with van der Waals surface area (Å²) in [6.07, 6.45) is 3.99. The first-order valence-corrected chi connectivity index (χ1v) is 8.34. The first-order valence-electron chi connectivity index (χ1n) is 8.34. The number of pyridine rings is 1. The molecule has 0 amide bonds. The van der Waals surface area contributed by atoms with E-state index in [1.54, 1.807) is 7.11 Å². The van der Waals surface area contributed by atoms with Gasteiger partial charge in [0, 0.05) is 22.8 Å². The van der Waals surface area contributed by atoms with Crippen molar-refractivity contribution in [2.75, 3.05) is 7.11 Å². The number of nitrogens with zero attached hydrogens (tertiary/aromatic N) is 1. The van der Waals surface area contributed by atoms with Gasteiger partial charge in [0.05, 0.1) is 12.8 Å². The van der Waals surface area contributed by atoms with Gasteiger partial charge in [0.25, 0.3) is 0 Å². The highest BCUT2D eigenvalue weighted by molar-refractivity contribution is 5.91. The lowest BCUT2D eigenvalue weighted by molar-refractivity contribution is 0.111. The van der Waals surface area contributed by atoms with Crippen LogP contribution < -0.4 is 4.74 Å². The van der Waals surface area contributed by atoms with Crippen LogP contribution >= 0.6 is 0 Å². The van der Waals surface area contributed by atoms with Gasteiger partial charge < -0.3 is 9.14 Å². The Bertz CT molecular complexity index is 892. The zero-order valence-electron chi connectivity index (χ0n) is 14.7. The molecule has 0 bridgehead atoms. The molecule has 3 aromatic rings. The molecule has 3 heteroatoms. The Balaban J connectivity index is 2.28. The standard InChI is InChI=1S/C21H23NO2/c1-5-15(3)16-7-9-21(24-4)19(10-16)18-11-17-8-6-14(2)12-22(17)20(18)13-23/h6-13,15H,5H2,1-4H3. The largest absolute Gasteiger partial charge is 0.496 e. The maximum absolute atomic E-state index is 11.8. The first kappa shape index (κ1) is 16.3. The second kappa shape index (κ2) is 6.52. The maximum atomic E-state index is 11.8. The number of aromatic nitrogens is 1. The zero-order valence-corrected chi connectivity index (χ0v) is 14.7. The average Bonchev–Trinajstić information content (AvgIpc) is 2.97. The van der Waals surface area contributed by atoms with Crippen LogP contribution in [0.2, 0.25) is 0 Å². The van der Waals surface area contributed by atoms with Crippen molar-refractivity contribution in [1.82, 2.24) is 4.40 Å². The number of hydrogen-bond donors (Lipinski definition) is 0. The number of benzene rings is 1. The Kier molecular flexibility index (Phi) is 4.43. The summed E-state index contributed by atoms with van der Waals surface area (Å²) in [5, 5.41) is 0. The molecule has 0 N–H and O–H groups in total.